The average Bonchev–Trinajstić information content (AvgIpc) is 2.75. The summed E-state index contributed by atoms with van der Waals surface area (Å²) in [5.74, 6) is -3.09. The van der Waals surface area contributed by atoms with Crippen molar-refractivity contribution in [3.63, 3.8) is 0 Å². The molecule has 0 bridgehead atoms. The molecule has 0 aliphatic carbocycles. The second kappa shape index (κ2) is 3.05. The maximum atomic E-state index is 12.3. The first-order chi connectivity index (χ1) is 7.19. The van der Waals surface area contributed by atoms with Crippen LogP contribution in [0.2, 0.25) is 0 Å². The van der Waals surface area contributed by atoms with Gasteiger partial charge in [-0.25, -0.2) is 0 Å². The normalized spacial score (nSPS) is 14.7. The fraction of sp³-hybridized carbons (Fsp3) is 0.333. The standard InChI is InChI=1S/C9H4F6O/c10-8(11,12)7(9(13,14)15)4-1-2-5-6(3-4)16-5/h1-3,7H. The third kappa shape index (κ3) is 1.94. The molecule has 1 aromatic rings. The molecular formula is C9H4F6O. The van der Waals surface area contributed by atoms with Crippen LogP contribution >= 0.6 is 0 Å². The molecule has 0 radical (unpaired) electrons. The van der Waals surface area contributed by atoms with E-state index < -0.39 is 23.8 Å². The van der Waals surface area contributed by atoms with Crippen LogP contribution in [0.25, 0.3) is 0 Å². The van der Waals surface area contributed by atoms with Crippen LogP contribution < -0.4 is 4.74 Å². The highest BCUT2D eigenvalue weighted by Crippen LogP contribution is 2.51. The van der Waals surface area contributed by atoms with Crippen molar-refractivity contribution in [2.45, 2.75) is 18.3 Å². The zero-order valence-electron chi connectivity index (χ0n) is 7.49. The fourth-order valence-corrected chi connectivity index (χ4v) is 1.42. The van der Waals surface area contributed by atoms with Crippen LogP contribution in [0.4, 0.5) is 26.3 Å². The fourth-order valence-electron chi connectivity index (χ4n) is 1.42. The van der Waals surface area contributed by atoms with Gasteiger partial charge in [-0.05, 0) is 17.7 Å². The van der Waals surface area contributed by atoms with Crippen LogP contribution in [0, 0.1) is 0 Å². The van der Waals surface area contributed by atoms with E-state index in [9.17, 15) is 26.3 Å². The molecule has 1 aromatic carbocycles. The van der Waals surface area contributed by atoms with Crippen molar-refractivity contribution in [1.82, 2.24) is 0 Å². The van der Waals surface area contributed by atoms with Gasteiger partial charge in [-0.2, -0.15) is 26.3 Å². The predicted octanol–water partition coefficient (Wildman–Crippen LogP) is 4.00. The monoisotopic (exact) mass is 242 g/mol. The van der Waals surface area contributed by atoms with E-state index in [0.29, 0.717) is 5.75 Å². The molecule has 16 heavy (non-hydrogen) atoms. The number of rotatable bonds is 1. The first-order valence-corrected chi connectivity index (χ1v) is 4.15. The smallest absolute Gasteiger partial charge is 0.404 e. The lowest BCUT2D eigenvalue weighted by atomic mass is 9.98. The lowest BCUT2D eigenvalue weighted by Crippen LogP contribution is -2.33. The highest BCUT2D eigenvalue weighted by atomic mass is 19.4. The first-order valence-electron chi connectivity index (χ1n) is 4.15. The minimum atomic E-state index is -5.36. The Morgan fingerprint density at radius 1 is 0.875 bits per heavy atom. The Morgan fingerprint density at radius 3 is 1.88 bits per heavy atom. The van der Waals surface area contributed by atoms with E-state index in [0.717, 1.165) is 18.2 Å². The van der Waals surface area contributed by atoms with Crippen LogP contribution in [0.3, 0.4) is 0 Å². The summed E-state index contributed by atoms with van der Waals surface area (Å²) in [7, 11) is 0. The van der Waals surface area contributed by atoms with Gasteiger partial charge in [0.1, 0.15) is 0 Å². The molecule has 0 amide bonds. The maximum absolute atomic E-state index is 12.3. The van der Waals surface area contributed by atoms with Gasteiger partial charge in [0.15, 0.2) is 17.4 Å². The van der Waals surface area contributed by atoms with Crippen LogP contribution in [-0.4, -0.2) is 12.4 Å². The summed E-state index contributed by atoms with van der Waals surface area (Å²) in [5, 5.41) is 0. The maximum Gasteiger partial charge on any atom is 0.404 e. The van der Waals surface area contributed by atoms with E-state index in [4.69, 9.17) is 0 Å². The van der Waals surface area contributed by atoms with Crippen LogP contribution in [0.1, 0.15) is 11.5 Å². The number of halogens is 6. The van der Waals surface area contributed by atoms with Gasteiger partial charge in [0.05, 0.1) is 0 Å². The second-order valence-electron chi connectivity index (χ2n) is 3.32. The molecule has 0 saturated carbocycles. The second-order valence-corrected chi connectivity index (χ2v) is 3.32. The van der Waals surface area contributed by atoms with Crippen LogP contribution in [0.5, 0.6) is 11.5 Å². The third-order valence-corrected chi connectivity index (χ3v) is 2.13. The summed E-state index contributed by atoms with van der Waals surface area (Å²) in [6.45, 7) is 0. The van der Waals surface area contributed by atoms with E-state index in [1.165, 1.54) is 0 Å². The van der Waals surface area contributed by atoms with Gasteiger partial charge in [0.2, 0.25) is 0 Å². The average molecular weight is 242 g/mol. The Labute approximate surface area is 85.6 Å². The molecule has 1 aliphatic heterocycles. The summed E-state index contributed by atoms with van der Waals surface area (Å²) in [6.07, 6.45) is -10.7. The molecular weight excluding hydrogens is 238 g/mol. The topological polar surface area (TPSA) is 12.5 Å². The van der Waals surface area contributed by atoms with Gasteiger partial charge in [-0.15, -0.1) is 0 Å². The lowest BCUT2D eigenvalue weighted by molar-refractivity contribution is -0.253. The molecule has 1 nitrogen and oxygen atoms in total. The van der Waals surface area contributed by atoms with Crippen LogP contribution in [-0.2, 0) is 0 Å². The van der Waals surface area contributed by atoms with Crippen molar-refractivity contribution in [2.75, 3.05) is 0 Å². The van der Waals surface area contributed by atoms with Crippen molar-refractivity contribution in [3.8, 4) is 11.5 Å². The SMILES string of the molecule is FC(F)(F)C(c1ccc2c(c1)O2)C(F)(F)F. The molecule has 2 rings (SSSR count). The summed E-state index contributed by atoms with van der Waals surface area (Å²) in [5.41, 5.74) is -0.851. The Morgan fingerprint density at radius 2 is 1.44 bits per heavy atom. The quantitative estimate of drug-likeness (QED) is 0.543. The highest BCUT2D eigenvalue weighted by Gasteiger charge is 2.57. The number of fused-ring (bicyclic) bond motifs is 1. The number of hydrogen-bond acceptors (Lipinski definition) is 1. The molecule has 0 aromatic heterocycles. The molecule has 1 heterocycles. The minimum absolute atomic E-state index is 0.0657. The Hall–Kier alpha value is -1.40. The van der Waals surface area contributed by atoms with Crippen LogP contribution in [0.15, 0.2) is 18.2 Å². The van der Waals surface area contributed by atoms with Crippen molar-refractivity contribution >= 4 is 0 Å². The molecule has 1 aliphatic rings. The highest BCUT2D eigenvalue weighted by molar-refractivity contribution is 5.56. The summed E-state index contributed by atoms with van der Waals surface area (Å²) in [6, 6.07) is 2.63. The van der Waals surface area contributed by atoms with Crippen molar-refractivity contribution in [3.05, 3.63) is 23.8 Å². The number of ether oxygens (including phenoxy) is 1. The van der Waals surface area contributed by atoms with Gasteiger partial charge in [0, 0.05) is 0 Å². The Balaban J connectivity index is 2.41. The van der Waals surface area contributed by atoms with E-state index >= 15 is 0 Å². The number of alkyl halides is 6. The van der Waals surface area contributed by atoms with Gasteiger partial charge < -0.3 is 4.74 Å². The molecule has 0 unspecified atom stereocenters. The summed E-state index contributed by atoms with van der Waals surface area (Å²) >= 11 is 0. The van der Waals surface area contributed by atoms with Gasteiger partial charge >= 0.3 is 12.4 Å². The van der Waals surface area contributed by atoms with E-state index in [1.807, 2.05) is 0 Å². The van der Waals surface area contributed by atoms with Gasteiger partial charge in [0.25, 0.3) is 0 Å². The molecule has 0 atom stereocenters. The van der Waals surface area contributed by atoms with Crippen molar-refractivity contribution in [2.24, 2.45) is 0 Å². The van der Waals surface area contributed by atoms with Crippen molar-refractivity contribution in [1.29, 1.82) is 0 Å². The first kappa shape index (κ1) is 11.1. The Kier molecular flexibility index (Phi) is 2.12. The van der Waals surface area contributed by atoms with Gasteiger partial charge in [-0.1, -0.05) is 6.07 Å². The minimum Gasteiger partial charge on any atom is -0.450 e. The number of hydrogen-bond donors (Lipinski definition) is 0. The van der Waals surface area contributed by atoms with Crippen molar-refractivity contribution < 1.29 is 31.1 Å². The van der Waals surface area contributed by atoms with E-state index in [2.05, 4.69) is 4.74 Å². The molecule has 0 N–H and O–H groups in total. The predicted molar refractivity (Wildman–Crippen MR) is 41.4 cm³/mol. The summed E-state index contributed by atoms with van der Waals surface area (Å²) in [4.78, 5) is 0. The largest absolute Gasteiger partial charge is 0.450 e. The number of benzene rings is 1. The summed E-state index contributed by atoms with van der Waals surface area (Å²) < 4.78 is 78.4. The lowest BCUT2D eigenvalue weighted by Gasteiger charge is -2.22. The molecule has 88 valence electrons. The Bertz CT molecular complexity index is 405. The zero-order chi connectivity index (χ0) is 12.1. The third-order valence-electron chi connectivity index (χ3n) is 2.13. The molecule has 0 fully saturated rings. The van der Waals surface area contributed by atoms with Gasteiger partial charge in [-0.3, -0.25) is 0 Å². The van der Waals surface area contributed by atoms with E-state index in [-0.39, 0.29) is 5.75 Å². The molecule has 7 heteroatoms. The molecule has 0 spiro atoms. The zero-order valence-corrected chi connectivity index (χ0v) is 7.49. The van der Waals surface area contributed by atoms with E-state index in [1.54, 1.807) is 0 Å². The molecule has 0 saturated heterocycles.